The molecular formula is C7H11N3O5S. The van der Waals surface area contributed by atoms with E-state index in [-0.39, 0.29) is 12.4 Å². The van der Waals surface area contributed by atoms with Crippen molar-refractivity contribution >= 4 is 15.9 Å². The molecule has 16 heavy (non-hydrogen) atoms. The zero-order valence-corrected chi connectivity index (χ0v) is 9.55. The Kier molecular flexibility index (Phi) is 3.60. The third kappa shape index (κ3) is 3.28. The maximum Gasteiger partial charge on any atom is 0.342 e. The molecular weight excluding hydrogens is 238 g/mol. The van der Waals surface area contributed by atoms with E-state index in [2.05, 4.69) is 9.17 Å². The first-order chi connectivity index (χ1) is 7.31. The van der Waals surface area contributed by atoms with Crippen LogP contribution in [0.2, 0.25) is 0 Å². The van der Waals surface area contributed by atoms with Gasteiger partial charge in [0.05, 0.1) is 6.26 Å². The summed E-state index contributed by atoms with van der Waals surface area (Å²) in [4.78, 5) is 13.6. The highest BCUT2D eigenvalue weighted by Crippen LogP contribution is 2.17. The SMILES string of the molecule is CC(COS(C)(=O)=O)n1cncc1[N+](=O)[O-]. The van der Waals surface area contributed by atoms with Crippen LogP contribution in [0.5, 0.6) is 0 Å². The van der Waals surface area contributed by atoms with Crippen LogP contribution >= 0.6 is 0 Å². The maximum absolute atomic E-state index is 10.7. The Morgan fingerprint density at radius 1 is 1.69 bits per heavy atom. The summed E-state index contributed by atoms with van der Waals surface area (Å²) in [6.45, 7) is 1.43. The Bertz CT molecular complexity index is 480. The molecule has 1 rings (SSSR count). The monoisotopic (exact) mass is 249 g/mol. The van der Waals surface area contributed by atoms with E-state index in [1.807, 2.05) is 0 Å². The van der Waals surface area contributed by atoms with Crippen LogP contribution in [0.15, 0.2) is 12.5 Å². The van der Waals surface area contributed by atoms with Crippen molar-refractivity contribution in [1.82, 2.24) is 9.55 Å². The first-order valence-corrected chi connectivity index (χ1v) is 6.13. The first kappa shape index (κ1) is 12.6. The van der Waals surface area contributed by atoms with Gasteiger partial charge in [-0.1, -0.05) is 0 Å². The minimum Gasteiger partial charge on any atom is -0.358 e. The fourth-order valence-electron chi connectivity index (χ4n) is 1.08. The molecule has 0 bridgehead atoms. The predicted molar refractivity (Wildman–Crippen MR) is 54.4 cm³/mol. The highest BCUT2D eigenvalue weighted by atomic mass is 32.2. The van der Waals surface area contributed by atoms with Gasteiger partial charge in [-0.2, -0.15) is 8.42 Å². The molecule has 1 heterocycles. The van der Waals surface area contributed by atoms with Gasteiger partial charge in [0.15, 0.2) is 6.33 Å². The van der Waals surface area contributed by atoms with Crippen LogP contribution in [0.25, 0.3) is 0 Å². The second-order valence-electron chi connectivity index (χ2n) is 3.25. The number of nitrogens with zero attached hydrogens (tertiary/aromatic N) is 3. The van der Waals surface area contributed by atoms with E-state index >= 15 is 0 Å². The number of nitro groups is 1. The minimum atomic E-state index is -3.55. The number of rotatable bonds is 5. The number of aromatic nitrogens is 2. The van der Waals surface area contributed by atoms with E-state index in [0.717, 1.165) is 12.5 Å². The zero-order chi connectivity index (χ0) is 12.3. The molecule has 1 unspecified atom stereocenters. The quantitative estimate of drug-likeness (QED) is 0.423. The van der Waals surface area contributed by atoms with Gasteiger partial charge in [-0.05, 0) is 11.8 Å². The summed E-state index contributed by atoms with van der Waals surface area (Å²) in [7, 11) is -3.55. The Hall–Kier alpha value is -1.48. The summed E-state index contributed by atoms with van der Waals surface area (Å²) in [5.41, 5.74) is 0. The van der Waals surface area contributed by atoms with Crippen molar-refractivity contribution in [3.8, 4) is 0 Å². The Labute approximate surface area is 92.1 Å². The van der Waals surface area contributed by atoms with Crippen molar-refractivity contribution in [3.05, 3.63) is 22.6 Å². The Morgan fingerprint density at radius 3 is 2.81 bits per heavy atom. The van der Waals surface area contributed by atoms with Gasteiger partial charge in [0.2, 0.25) is 0 Å². The second kappa shape index (κ2) is 4.58. The van der Waals surface area contributed by atoms with Crippen LogP contribution in [0.3, 0.4) is 0 Å². The van der Waals surface area contributed by atoms with Crippen LogP contribution in [0.4, 0.5) is 5.82 Å². The lowest BCUT2D eigenvalue weighted by atomic mass is 10.3. The molecule has 0 aliphatic heterocycles. The number of hydrogen-bond acceptors (Lipinski definition) is 6. The van der Waals surface area contributed by atoms with Gasteiger partial charge >= 0.3 is 5.82 Å². The first-order valence-electron chi connectivity index (χ1n) is 4.32. The highest BCUT2D eigenvalue weighted by molar-refractivity contribution is 7.85. The topological polar surface area (TPSA) is 104 Å². The van der Waals surface area contributed by atoms with E-state index in [1.165, 1.54) is 10.9 Å². The molecule has 0 saturated carbocycles. The van der Waals surface area contributed by atoms with Gasteiger partial charge in [-0.15, -0.1) is 0 Å². The van der Waals surface area contributed by atoms with E-state index < -0.39 is 21.1 Å². The molecule has 1 aromatic rings. The molecule has 0 aromatic carbocycles. The zero-order valence-electron chi connectivity index (χ0n) is 8.73. The average Bonchev–Trinajstić information content (AvgIpc) is 2.61. The molecule has 0 spiro atoms. The fourth-order valence-corrected chi connectivity index (χ4v) is 1.53. The van der Waals surface area contributed by atoms with Gasteiger partial charge in [0.1, 0.15) is 18.8 Å². The molecule has 90 valence electrons. The summed E-state index contributed by atoms with van der Waals surface area (Å²) in [5.74, 6) is -0.204. The molecule has 1 aromatic heterocycles. The fraction of sp³-hybridized carbons (Fsp3) is 0.571. The lowest BCUT2D eigenvalue weighted by molar-refractivity contribution is -0.392. The van der Waals surface area contributed by atoms with Crippen LogP contribution in [0, 0.1) is 10.1 Å². The van der Waals surface area contributed by atoms with E-state index in [4.69, 9.17) is 0 Å². The lowest BCUT2D eigenvalue weighted by Gasteiger charge is -2.09. The van der Waals surface area contributed by atoms with Gasteiger partial charge < -0.3 is 10.1 Å². The van der Waals surface area contributed by atoms with Crippen molar-refractivity contribution in [2.75, 3.05) is 12.9 Å². The van der Waals surface area contributed by atoms with Gasteiger partial charge in [-0.25, -0.2) is 9.55 Å². The molecule has 9 heteroatoms. The maximum atomic E-state index is 10.7. The third-order valence-electron chi connectivity index (χ3n) is 1.83. The average molecular weight is 249 g/mol. The molecule has 0 saturated heterocycles. The molecule has 0 aliphatic rings. The van der Waals surface area contributed by atoms with Crippen LogP contribution in [0.1, 0.15) is 13.0 Å². The smallest absolute Gasteiger partial charge is 0.342 e. The summed E-state index contributed by atoms with van der Waals surface area (Å²) in [5, 5.41) is 10.6. The minimum absolute atomic E-state index is 0.171. The standard InChI is InChI=1S/C7H11N3O5S/c1-6(4-15-16(2,13)14)9-5-8-3-7(9)10(11)12/h3,5-6H,4H2,1-2H3. The predicted octanol–water partition coefficient (Wildman–Crippen LogP) is 0.328. The van der Waals surface area contributed by atoms with E-state index in [1.54, 1.807) is 6.92 Å². The molecule has 0 radical (unpaired) electrons. The van der Waals surface area contributed by atoms with Gasteiger partial charge in [0.25, 0.3) is 10.1 Å². The van der Waals surface area contributed by atoms with Crippen LogP contribution < -0.4 is 0 Å². The van der Waals surface area contributed by atoms with Crippen molar-refractivity contribution in [2.24, 2.45) is 0 Å². The van der Waals surface area contributed by atoms with E-state index in [0.29, 0.717) is 0 Å². The van der Waals surface area contributed by atoms with Gasteiger partial charge in [-0.3, -0.25) is 4.18 Å². The van der Waals surface area contributed by atoms with Gasteiger partial charge in [0, 0.05) is 0 Å². The van der Waals surface area contributed by atoms with Crippen molar-refractivity contribution < 1.29 is 17.5 Å². The molecule has 0 N–H and O–H groups in total. The Morgan fingerprint density at radius 2 is 2.31 bits per heavy atom. The second-order valence-corrected chi connectivity index (χ2v) is 4.90. The summed E-state index contributed by atoms with van der Waals surface area (Å²) < 4.78 is 27.3. The molecule has 0 fully saturated rings. The van der Waals surface area contributed by atoms with Crippen LogP contribution in [-0.2, 0) is 14.3 Å². The summed E-state index contributed by atoms with van der Waals surface area (Å²) in [6, 6.07) is -0.488. The molecule has 0 amide bonds. The summed E-state index contributed by atoms with van der Waals surface area (Å²) >= 11 is 0. The molecule has 1 atom stereocenters. The third-order valence-corrected chi connectivity index (χ3v) is 2.40. The highest BCUT2D eigenvalue weighted by Gasteiger charge is 2.20. The van der Waals surface area contributed by atoms with E-state index in [9.17, 15) is 18.5 Å². The van der Waals surface area contributed by atoms with Crippen molar-refractivity contribution in [3.63, 3.8) is 0 Å². The number of imidazole rings is 1. The number of hydrogen-bond donors (Lipinski definition) is 0. The Balaban J connectivity index is 2.77. The van der Waals surface area contributed by atoms with Crippen molar-refractivity contribution in [1.29, 1.82) is 0 Å². The lowest BCUT2D eigenvalue weighted by Crippen LogP contribution is -2.16. The molecule has 0 aliphatic carbocycles. The largest absolute Gasteiger partial charge is 0.358 e. The summed E-state index contributed by atoms with van der Waals surface area (Å²) in [6.07, 6.45) is 3.27. The van der Waals surface area contributed by atoms with Crippen molar-refractivity contribution in [2.45, 2.75) is 13.0 Å². The normalized spacial score (nSPS) is 13.6. The molecule has 8 nitrogen and oxygen atoms in total. The van der Waals surface area contributed by atoms with Crippen LogP contribution in [-0.4, -0.2) is 35.8 Å².